The molecule has 1 aromatic rings. The number of alkyl halides is 3. The summed E-state index contributed by atoms with van der Waals surface area (Å²) in [5.41, 5.74) is 4.40. The standard InChI is InChI=1S/C8H8ClF3N2O/c9-7-5(8(10,11)12)1-4(2-14-7)6(13)3-15/h1-2,6,15H,3,13H2. The van der Waals surface area contributed by atoms with E-state index < -0.39 is 29.5 Å². The fourth-order valence-electron chi connectivity index (χ4n) is 0.971. The third kappa shape index (κ3) is 2.80. The molecule has 0 aliphatic rings. The van der Waals surface area contributed by atoms with Crippen molar-refractivity contribution in [3.63, 3.8) is 0 Å². The third-order valence-electron chi connectivity index (χ3n) is 1.79. The van der Waals surface area contributed by atoms with Crippen LogP contribution in [0, 0.1) is 0 Å². The van der Waals surface area contributed by atoms with Gasteiger partial charge in [-0.2, -0.15) is 13.2 Å². The maximum absolute atomic E-state index is 12.4. The topological polar surface area (TPSA) is 59.1 Å². The fourth-order valence-corrected chi connectivity index (χ4v) is 1.18. The van der Waals surface area contributed by atoms with Crippen LogP contribution in [0.25, 0.3) is 0 Å². The van der Waals surface area contributed by atoms with E-state index in [1.807, 2.05) is 0 Å². The quantitative estimate of drug-likeness (QED) is 0.775. The number of halogens is 4. The molecule has 0 spiro atoms. The summed E-state index contributed by atoms with van der Waals surface area (Å²) >= 11 is 5.29. The van der Waals surface area contributed by atoms with Gasteiger partial charge in [0.05, 0.1) is 18.2 Å². The summed E-state index contributed by atoms with van der Waals surface area (Å²) < 4.78 is 37.1. The van der Waals surface area contributed by atoms with Gasteiger partial charge in [0.25, 0.3) is 0 Å². The first kappa shape index (κ1) is 12.2. The molecule has 0 aliphatic carbocycles. The lowest BCUT2D eigenvalue weighted by molar-refractivity contribution is -0.137. The molecule has 0 bridgehead atoms. The average molecular weight is 241 g/mol. The summed E-state index contributed by atoms with van der Waals surface area (Å²) in [6, 6.07) is -0.105. The highest BCUT2D eigenvalue weighted by Gasteiger charge is 2.34. The molecule has 15 heavy (non-hydrogen) atoms. The highest BCUT2D eigenvalue weighted by Crippen LogP contribution is 2.34. The maximum atomic E-state index is 12.4. The first-order chi connectivity index (χ1) is 6.86. The molecule has 0 saturated carbocycles. The minimum absolute atomic E-state index is 0.0919. The van der Waals surface area contributed by atoms with Crippen molar-refractivity contribution < 1.29 is 18.3 Å². The van der Waals surface area contributed by atoms with Crippen LogP contribution in [-0.4, -0.2) is 16.7 Å². The SMILES string of the molecule is NC(CO)c1cnc(Cl)c(C(F)(F)F)c1. The molecule has 0 aliphatic heterocycles. The summed E-state index contributed by atoms with van der Waals surface area (Å²) in [5, 5.41) is 8.06. The van der Waals surface area contributed by atoms with Gasteiger partial charge in [0, 0.05) is 6.20 Å². The first-order valence-electron chi connectivity index (χ1n) is 3.95. The smallest absolute Gasteiger partial charge is 0.394 e. The Kier molecular flexibility index (Phi) is 3.54. The fraction of sp³-hybridized carbons (Fsp3) is 0.375. The Balaban J connectivity index is 3.17. The molecule has 1 rings (SSSR count). The van der Waals surface area contributed by atoms with Gasteiger partial charge in [-0.05, 0) is 11.6 Å². The van der Waals surface area contributed by atoms with Gasteiger partial charge < -0.3 is 10.8 Å². The van der Waals surface area contributed by atoms with E-state index in [9.17, 15) is 13.2 Å². The van der Waals surface area contributed by atoms with Crippen molar-refractivity contribution in [1.82, 2.24) is 4.98 Å². The Morgan fingerprint density at radius 3 is 2.60 bits per heavy atom. The van der Waals surface area contributed by atoms with Crippen molar-refractivity contribution in [2.45, 2.75) is 12.2 Å². The Morgan fingerprint density at radius 2 is 2.13 bits per heavy atom. The average Bonchev–Trinajstić information content (AvgIpc) is 2.15. The van der Waals surface area contributed by atoms with Gasteiger partial charge in [-0.1, -0.05) is 11.6 Å². The Labute approximate surface area is 88.7 Å². The van der Waals surface area contributed by atoms with E-state index in [0.717, 1.165) is 12.3 Å². The second-order valence-electron chi connectivity index (χ2n) is 2.89. The molecule has 0 aromatic carbocycles. The predicted octanol–water partition coefficient (Wildman–Crippen LogP) is 1.75. The van der Waals surface area contributed by atoms with Gasteiger partial charge in [-0.25, -0.2) is 4.98 Å². The molecule has 1 atom stereocenters. The zero-order chi connectivity index (χ0) is 11.6. The second-order valence-corrected chi connectivity index (χ2v) is 3.25. The van der Waals surface area contributed by atoms with E-state index in [2.05, 4.69) is 4.98 Å². The molecule has 1 heterocycles. The monoisotopic (exact) mass is 240 g/mol. The zero-order valence-electron chi connectivity index (χ0n) is 7.42. The molecule has 3 nitrogen and oxygen atoms in total. The van der Waals surface area contributed by atoms with E-state index >= 15 is 0 Å². The van der Waals surface area contributed by atoms with Crippen LogP contribution in [0.5, 0.6) is 0 Å². The summed E-state index contributed by atoms with van der Waals surface area (Å²) in [6.45, 7) is -0.458. The largest absolute Gasteiger partial charge is 0.419 e. The first-order valence-corrected chi connectivity index (χ1v) is 4.33. The number of rotatable bonds is 2. The van der Waals surface area contributed by atoms with Crippen LogP contribution in [0.2, 0.25) is 5.15 Å². The normalized spacial score (nSPS) is 14.0. The van der Waals surface area contributed by atoms with Crippen LogP contribution < -0.4 is 5.73 Å². The highest BCUT2D eigenvalue weighted by molar-refractivity contribution is 6.30. The van der Waals surface area contributed by atoms with Crippen molar-refractivity contribution >= 4 is 11.6 Å². The van der Waals surface area contributed by atoms with Crippen LogP contribution in [0.4, 0.5) is 13.2 Å². The number of aliphatic hydroxyl groups is 1. The third-order valence-corrected chi connectivity index (χ3v) is 2.09. The summed E-state index contributed by atoms with van der Waals surface area (Å²) in [4.78, 5) is 3.37. The Hall–Kier alpha value is -0.850. The van der Waals surface area contributed by atoms with E-state index in [4.69, 9.17) is 22.4 Å². The Bertz CT molecular complexity index is 356. The number of nitrogens with two attached hydrogens (primary N) is 1. The molecular weight excluding hydrogens is 233 g/mol. The Morgan fingerprint density at radius 1 is 1.53 bits per heavy atom. The zero-order valence-corrected chi connectivity index (χ0v) is 8.18. The van der Waals surface area contributed by atoms with Crippen LogP contribution in [0.3, 0.4) is 0 Å². The lowest BCUT2D eigenvalue weighted by atomic mass is 10.1. The molecule has 1 aromatic heterocycles. The van der Waals surface area contributed by atoms with E-state index in [1.165, 1.54) is 0 Å². The van der Waals surface area contributed by atoms with Crippen molar-refractivity contribution in [2.75, 3.05) is 6.61 Å². The molecule has 0 radical (unpaired) electrons. The van der Waals surface area contributed by atoms with E-state index in [1.54, 1.807) is 0 Å². The lowest BCUT2D eigenvalue weighted by Crippen LogP contribution is -2.16. The number of hydrogen-bond donors (Lipinski definition) is 2. The summed E-state index contributed by atoms with van der Waals surface area (Å²) in [6.07, 6.45) is -3.46. The van der Waals surface area contributed by atoms with Crippen LogP contribution in [0.1, 0.15) is 17.2 Å². The molecule has 0 fully saturated rings. The molecule has 3 N–H and O–H groups in total. The molecular formula is C8H8ClF3N2O. The molecule has 84 valence electrons. The second kappa shape index (κ2) is 4.34. The number of aromatic nitrogens is 1. The van der Waals surface area contributed by atoms with Crippen molar-refractivity contribution in [3.05, 3.63) is 28.5 Å². The van der Waals surface area contributed by atoms with E-state index in [0.29, 0.717) is 0 Å². The van der Waals surface area contributed by atoms with Crippen LogP contribution >= 0.6 is 11.6 Å². The molecule has 0 saturated heterocycles. The van der Waals surface area contributed by atoms with Gasteiger partial charge in [-0.15, -0.1) is 0 Å². The molecule has 7 heteroatoms. The molecule has 1 unspecified atom stereocenters. The minimum atomic E-state index is -4.57. The van der Waals surface area contributed by atoms with Gasteiger partial charge in [0.1, 0.15) is 5.15 Å². The van der Waals surface area contributed by atoms with Gasteiger partial charge >= 0.3 is 6.18 Å². The summed E-state index contributed by atoms with van der Waals surface area (Å²) in [7, 11) is 0. The summed E-state index contributed by atoms with van der Waals surface area (Å²) in [5.74, 6) is 0. The lowest BCUT2D eigenvalue weighted by Gasteiger charge is -2.12. The van der Waals surface area contributed by atoms with Crippen LogP contribution in [-0.2, 0) is 6.18 Å². The molecule has 0 amide bonds. The number of nitrogens with zero attached hydrogens (tertiary/aromatic N) is 1. The number of hydrogen-bond acceptors (Lipinski definition) is 3. The van der Waals surface area contributed by atoms with Gasteiger partial charge in [-0.3, -0.25) is 0 Å². The van der Waals surface area contributed by atoms with Crippen molar-refractivity contribution in [3.8, 4) is 0 Å². The maximum Gasteiger partial charge on any atom is 0.419 e. The predicted molar refractivity (Wildman–Crippen MR) is 48.3 cm³/mol. The van der Waals surface area contributed by atoms with Gasteiger partial charge in [0.2, 0.25) is 0 Å². The number of pyridine rings is 1. The van der Waals surface area contributed by atoms with Crippen molar-refractivity contribution in [1.29, 1.82) is 0 Å². The number of aliphatic hydroxyl groups excluding tert-OH is 1. The van der Waals surface area contributed by atoms with Gasteiger partial charge in [0.15, 0.2) is 0 Å². The highest BCUT2D eigenvalue weighted by atomic mass is 35.5. The van der Waals surface area contributed by atoms with Crippen molar-refractivity contribution in [2.24, 2.45) is 5.73 Å². The van der Waals surface area contributed by atoms with Crippen LogP contribution in [0.15, 0.2) is 12.3 Å². The van der Waals surface area contributed by atoms with E-state index in [-0.39, 0.29) is 5.56 Å². The minimum Gasteiger partial charge on any atom is -0.394 e.